The molecule has 98 valence electrons. The number of aryl methyl sites for hydroxylation is 1. The molecule has 0 atom stereocenters. The average molecular weight is 257 g/mol. The van der Waals surface area contributed by atoms with E-state index < -0.39 is 0 Å². The molecule has 0 aliphatic rings. The first-order valence-corrected chi connectivity index (χ1v) is 6.10. The zero-order valence-corrected chi connectivity index (χ0v) is 10.7. The van der Waals surface area contributed by atoms with Crippen LogP contribution in [0.25, 0.3) is 6.08 Å². The lowest BCUT2D eigenvalue weighted by atomic mass is 10.2. The highest BCUT2D eigenvalue weighted by molar-refractivity contribution is 6.00. The van der Waals surface area contributed by atoms with Crippen molar-refractivity contribution in [2.45, 2.75) is 19.9 Å². The van der Waals surface area contributed by atoms with E-state index in [-0.39, 0.29) is 5.91 Å². The van der Waals surface area contributed by atoms with Crippen LogP contribution in [0.1, 0.15) is 18.9 Å². The summed E-state index contributed by atoms with van der Waals surface area (Å²) in [4.78, 5) is 11.7. The fourth-order valence-corrected chi connectivity index (χ4v) is 1.54. The van der Waals surface area contributed by atoms with E-state index in [2.05, 4.69) is 20.8 Å². The molecule has 2 rings (SSSR count). The van der Waals surface area contributed by atoms with Crippen LogP contribution in [0.5, 0.6) is 0 Å². The lowest BCUT2D eigenvalue weighted by molar-refractivity contribution is -0.111. The Morgan fingerprint density at radius 3 is 2.89 bits per heavy atom. The molecule has 6 heteroatoms. The normalized spacial score (nSPS) is 10.8. The van der Waals surface area contributed by atoms with Gasteiger partial charge >= 0.3 is 0 Å². The predicted molar refractivity (Wildman–Crippen MR) is 72.2 cm³/mol. The Balaban J connectivity index is 1.98. The molecular weight excluding hydrogens is 242 g/mol. The molecule has 0 fully saturated rings. The quantitative estimate of drug-likeness (QED) is 0.828. The predicted octanol–water partition coefficient (Wildman–Crippen LogP) is 1.73. The lowest BCUT2D eigenvalue weighted by Crippen LogP contribution is -2.14. The number of hydrogen-bond acceptors (Lipinski definition) is 4. The van der Waals surface area contributed by atoms with Crippen molar-refractivity contribution < 1.29 is 4.79 Å². The van der Waals surface area contributed by atoms with Crippen molar-refractivity contribution in [3.05, 3.63) is 42.0 Å². The summed E-state index contributed by atoms with van der Waals surface area (Å²) in [6, 6.07) is 9.60. The number of carbonyl (C=O) groups excluding carboxylic acids is 1. The number of aromatic nitrogens is 4. The molecule has 19 heavy (non-hydrogen) atoms. The average Bonchev–Trinajstić information content (AvgIpc) is 2.85. The fraction of sp³-hybridized carbons (Fsp3) is 0.231. The van der Waals surface area contributed by atoms with E-state index in [1.165, 1.54) is 6.08 Å². The molecule has 2 aromatic rings. The highest BCUT2D eigenvalue weighted by atomic mass is 16.1. The number of anilines is 1. The summed E-state index contributed by atoms with van der Waals surface area (Å²) in [6.07, 6.45) is 4.09. The molecule has 0 spiro atoms. The van der Waals surface area contributed by atoms with E-state index >= 15 is 0 Å². The first kappa shape index (κ1) is 12.9. The van der Waals surface area contributed by atoms with Gasteiger partial charge < -0.3 is 0 Å². The highest BCUT2D eigenvalue weighted by Gasteiger charge is 2.06. The monoisotopic (exact) mass is 257 g/mol. The van der Waals surface area contributed by atoms with Gasteiger partial charge in [0.15, 0.2) is 0 Å². The topological polar surface area (TPSA) is 72.7 Å². The second-order valence-electron chi connectivity index (χ2n) is 3.96. The molecule has 0 radical (unpaired) electrons. The van der Waals surface area contributed by atoms with Crippen molar-refractivity contribution in [1.29, 1.82) is 0 Å². The second kappa shape index (κ2) is 6.44. The molecule has 0 saturated heterocycles. The van der Waals surface area contributed by atoms with E-state index in [0.717, 1.165) is 12.0 Å². The van der Waals surface area contributed by atoms with Crippen molar-refractivity contribution in [3.63, 3.8) is 0 Å². The van der Waals surface area contributed by atoms with Crippen LogP contribution in [0, 0.1) is 0 Å². The van der Waals surface area contributed by atoms with Crippen LogP contribution in [0.2, 0.25) is 0 Å². The Morgan fingerprint density at radius 1 is 1.37 bits per heavy atom. The number of hydrogen-bond donors (Lipinski definition) is 1. The van der Waals surface area contributed by atoms with Crippen molar-refractivity contribution in [2.24, 2.45) is 0 Å². The summed E-state index contributed by atoms with van der Waals surface area (Å²) < 4.78 is 1.56. The van der Waals surface area contributed by atoms with Gasteiger partial charge in [-0.05, 0) is 28.5 Å². The third kappa shape index (κ3) is 3.74. The molecule has 0 aliphatic carbocycles. The van der Waals surface area contributed by atoms with Crippen molar-refractivity contribution in [2.75, 3.05) is 5.32 Å². The van der Waals surface area contributed by atoms with E-state index in [1.54, 1.807) is 10.8 Å². The van der Waals surface area contributed by atoms with Gasteiger partial charge in [-0.3, -0.25) is 10.1 Å². The number of nitrogens with one attached hydrogen (secondary N) is 1. The molecule has 1 aromatic carbocycles. The van der Waals surface area contributed by atoms with Crippen LogP contribution in [-0.4, -0.2) is 26.1 Å². The Bertz CT molecular complexity index is 561. The van der Waals surface area contributed by atoms with Gasteiger partial charge in [0.25, 0.3) is 5.91 Å². The number of amides is 1. The number of benzene rings is 1. The minimum Gasteiger partial charge on any atom is -0.290 e. The van der Waals surface area contributed by atoms with Crippen molar-refractivity contribution in [1.82, 2.24) is 20.2 Å². The van der Waals surface area contributed by atoms with Gasteiger partial charge in [-0.15, -0.1) is 0 Å². The maximum atomic E-state index is 11.7. The minimum absolute atomic E-state index is 0.254. The number of rotatable bonds is 5. The summed E-state index contributed by atoms with van der Waals surface area (Å²) >= 11 is 0. The molecule has 1 heterocycles. The van der Waals surface area contributed by atoms with Crippen molar-refractivity contribution >= 4 is 17.9 Å². The van der Waals surface area contributed by atoms with Gasteiger partial charge in [-0.2, -0.15) is 0 Å². The fourth-order valence-electron chi connectivity index (χ4n) is 1.54. The molecule has 1 aromatic heterocycles. The molecule has 1 N–H and O–H groups in total. The maximum absolute atomic E-state index is 11.7. The molecule has 1 amide bonds. The zero-order chi connectivity index (χ0) is 13.5. The molecular formula is C13H15N5O. The lowest BCUT2D eigenvalue weighted by Gasteiger charge is -2.02. The molecule has 0 saturated carbocycles. The van der Waals surface area contributed by atoms with E-state index in [0.29, 0.717) is 12.5 Å². The summed E-state index contributed by atoms with van der Waals surface area (Å²) in [6.45, 7) is 2.69. The Hall–Kier alpha value is -2.50. The van der Waals surface area contributed by atoms with Gasteiger partial charge in [0.05, 0.1) is 0 Å². The molecule has 0 bridgehead atoms. The van der Waals surface area contributed by atoms with Crippen LogP contribution >= 0.6 is 0 Å². The maximum Gasteiger partial charge on any atom is 0.250 e. The van der Waals surface area contributed by atoms with Crippen LogP contribution in [0.15, 0.2) is 36.4 Å². The third-order valence-electron chi connectivity index (χ3n) is 2.43. The largest absolute Gasteiger partial charge is 0.290 e. The number of nitrogens with zero attached hydrogens (tertiary/aromatic N) is 4. The molecule has 0 aliphatic heterocycles. The van der Waals surface area contributed by atoms with Gasteiger partial charge in [0.2, 0.25) is 5.95 Å². The van der Waals surface area contributed by atoms with Crippen LogP contribution < -0.4 is 5.32 Å². The Labute approximate surface area is 111 Å². The Morgan fingerprint density at radius 2 is 2.16 bits per heavy atom. The summed E-state index contributed by atoms with van der Waals surface area (Å²) in [5.41, 5.74) is 0.964. The van der Waals surface area contributed by atoms with Crippen LogP contribution in [-0.2, 0) is 11.3 Å². The van der Waals surface area contributed by atoms with Crippen molar-refractivity contribution in [3.8, 4) is 0 Å². The number of tetrazole rings is 1. The van der Waals surface area contributed by atoms with Gasteiger partial charge in [0.1, 0.15) is 0 Å². The summed E-state index contributed by atoms with van der Waals surface area (Å²) in [5, 5.41) is 13.7. The van der Waals surface area contributed by atoms with Gasteiger partial charge in [-0.25, -0.2) is 4.68 Å². The molecule has 6 nitrogen and oxygen atoms in total. The smallest absolute Gasteiger partial charge is 0.250 e. The van der Waals surface area contributed by atoms with Gasteiger partial charge in [-0.1, -0.05) is 42.4 Å². The van der Waals surface area contributed by atoms with E-state index in [1.807, 2.05) is 37.3 Å². The van der Waals surface area contributed by atoms with E-state index in [4.69, 9.17) is 0 Å². The van der Waals surface area contributed by atoms with E-state index in [9.17, 15) is 4.79 Å². The third-order valence-corrected chi connectivity index (χ3v) is 2.43. The Kier molecular flexibility index (Phi) is 4.39. The first-order chi connectivity index (χ1) is 9.29. The zero-order valence-electron chi connectivity index (χ0n) is 10.7. The van der Waals surface area contributed by atoms with Crippen LogP contribution in [0.3, 0.4) is 0 Å². The summed E-state index contributed by atoms with van der Waals surface area (Å²) in [5.74, 6) is 0.112. The standard InChI is InChI=1S/C13H15N5O/c1-2-10-18-13(15-16-17-18)14-12(19)9-8-11-6-4-3-5-7-11/h3-9H,2,10H2,1H3,(H,14,15,17,19)/b9-8+. The number of carbonyl (C=O) groups is 1. The highest BCUT2D eigenvalue weighted by Crippen LogP contribution is 2.03. The minimum atomic E-state index is -0.254. The molecule has 0 unspecified atom stereocenters. The second-order valence-corrected chi connectivity index (χ2v) is 3.96. The SMILES string of the molecule is CCCn1nnnc1NC(=O)/C=C/c1ccccc1. The van der Waals surface area contributed by atoms with Crippen LogP contribution in [0.4, 0.5) is 5.95 Å². The first-order valence-electron chi connectivity index (χ1n) is 6.10. The summed E-state index contributed by atoms with van der Waals surface area (Å²) in [7, 11) is 0. The van der Waals surface area contributed by atoms with Gasteiger partial charge in [0, 0.05) is 12.6 Å².